The van der Waals surface area contributed by atoms with Crippen molar-refractivity contribution in [3.8, 4) is 0 Å². The third-order valence-electron chi connectivity index (χ3n) is 1.36. The lowest BCUT2D eigenvalue weighted by molar-refractivity contribution is -0.145. The second-order valence-electron chi connectivity index (χ2n) is 2.44. The van der Waals surface area contributed by atoms with E-state index in [2.05, 4.69) is 0 Å². The molecule has 2 heteroatoms. The third kappa shape index (κ3) is 2.85. The summed E-state index contributed by atoms with van der Waals surface area (Å²) in [6, 6.07) is 0. The van der Waals surface area contributed by atoms with Crippen LogP contribution in [-0.2, 0) is 9.53 Å². The number of hydrogen-bond acceptors (Lipinski definition) is 2. The fourth-order valence-electron chi connectivity index (χ4n) is 0.640. The van der Waals surface area contributed by atoms with Gasteiger partial charge in [-0.15, -0.1) is 0 Å². The Morgan fingerprint density at radius 1 is 1.60 bits per heavy atom. The minimum absolute atomic E-state index is 0. The van der Waals surface area contributed by atoms with E-state index in [1.54, 1.807) is 0 Å². The maximum atomic E-state index is 10.7. The van der Waals surface area contributed by atoms with Crippen molar-refractivity contribution in [3.63, 3.8) is 0 Å². The number of carbonyl (C=O) groups excluding carboxylic acids is 1. The molecule has 1 saturated carbocycles. The van der Waals surface area contributed by atoms with Crippen LogP contribution >= 0.6 is 0 Å². The van der Waals surface area contributed by atoms with E-state index in [4.69, 9.17) is 4.74 Å². The fraction of sp³-hybridized carbons (Fsp3) is 0.875. The van der Waals surface area contributed by atoms with Crippen LogP contribution in [0.3, 0.4) is 0 Å². The average molecular weight is 144 g/mol. The Bertz CT molecular complexity index is 106. The highest BCUT2D eigenvalue weighted by molar-refractivity contribution is 5.74. The Labute approximate surface area is 62.6 Å². The molecule has 0 atom stereocenters. The van der Waals surface area contributed by atoms with E-state index in [1.165, 1.54) is 0 Å². The van der Waals surface area contributed by atoms with Crippen LogP contribution in [-0.4, -0.2) is 12.6 Å². The summed E-state index contributed by atoms with van der Waals surface area (Å²) in [6.45, 7) is 2.59. The number of esters is 1. The largest absolute Gasteiger partial charge is 0.465 e. The Hall–Kier alpha value is -0.530. The van der Waals surface area contributed by atoms with Gasteiger partial charge in [0.15, 0.2) is 0 Å². The van der Waals surface area contributed by atoms with Gasteiger partial charge in [0, 0.05) is 0 Å². The number of ether oxygens (including phenoxy) is 1. The van der Waals surface area contributed by atoms with Gasteiger partial charge in [0.25, 0.3) is 0 Å². The minimum Gasteiger partial charge on any atom is -0.465 e. The van der Waals surface area contributed by atoms with Gasteiger partial charge in [-0.2, -0.15) is 0 Å². The van der Waals surface area contributed by atoms with Crippen molar-refractivity contribution in [2.75, 3.05) is 6.61 Å². The van der Waals surface area contributed by atoms with Gasteiger partial charge < -0.3 is 4.74 Å². The fourth-order valence-corrected chi connectivity index (χ4v) is 0.640. The van der Waals surface area contributed by atoms with Gasteiger partial charge in [0.05, 0.1) is 12.5 Å². The first-order chi connectivity index (χ1) is 4.34. The maximum Gasteiger partial charge on any atom is 0.308 e. The summed E-state index contributed by atoms with van der Waals surface area (Å²) in [5.74, 6) is 0.272. The lowest BCUT2D eigenvalue weighted by Gasteiger charge is -1.98. The van der Waals surface area contributed by atoms with Crippen LogP contribution in [0.15, 0.2) is 0 Å². The number of rotatable bonds is 3. The molecule has 1 rings (SSSR count). The van der Waals surface area contributed by atoms with Gasteiger partial charge in [0.2, 0.25) is 0 Å². The van der Waals surface area contributed by atoms with Gasteiger partial charge in [-0.05, 0) is 19.3 Å². The molecule has 10 heavy (non-hydrogen) atoms. The van der Waals surface area contributed by atoms with Crippen molar-refractivity contribution >= 4 is 5.97 Å². The first-order valence-electron chi connectivity index (χ1n) is 3.51. The van der Waals surface area contributed by atoms with Crippen LogP contribution in [0.2, 0.25) is 0 Å². The van der Waals surface area contributed by atoms with Crippen molar-refractivity contribution in [2.45, 2.75) is 33.6 Å². The van der Waals surface area contributed by atoms with Gasteiger partial charge in [-0.3, -0.25) is 4.79 Å². The van der Waals surface area contributed by atoms with Crippen LogP contribution in [0, 0.1) is 5.92 Å². The predicted octanol–water partition coefficient (Wildman–Crippen LogP) is 1.99. The van der Waals surface area contributed by atoms with E-state index in [0.717, 1.165) is 19.3 Å². The van der Waals surface area contributed by atoms with Crippen LogP contribution in [0.4, 0.5) is 0 Å². The molecule has 60 valence electrons. The van der Waals surface area contributed by atoms with E-state index in [9.17, 15) is 4.79 Å². The zero-order chi connectivity index (χ0) is 6.69. The molecule has 0 aromatic carbocycles. The van der Waals surface area contributed by atoms with Crippen molar-refractivity contribution in [1.82, 2.24) is 0 Å². The second kappa shape index (κ2) is 4.31. The average Bonchev–Trinajstić information content (AvgIpc) is 2.63. The summed E-state index contributed by atoms with van der Waals surface area (Å²) in [7, 11) is 0. The summed E-state index contributed by atoms with van der Waals surface area (Å²) in [5, 5.41) is 0. The summed E-state index contributed by atoms with van der Waals surface area (Å²) in [4.78, 5) is 10.7. The van der Waals surface area contributed by atoms with Crippen molar-refractivity contribution in [3.05, 3.63) is 0 Å². The molecule has 0 saturated heterocycles. The van der Waals surface area contributed by atoms with E-state index in [-0.39, 0.29) is 19.3 Å². The molecular weight excluding hydrogens is 128 g/mol. The molecule has 0 unspecified atom stereocenters. The molecule has 0 aromatic heterocycles. The maximum absolute atomic E-state index is 10.7. The molecule has 0 heterocycles. The Balaban J connectivity index is 0.000000810. The van der Waals surface area contributed by atoms with Crippen LogP contribution in [0.1, 0.15) is 33.6 Å². The van der Waals surface area contributed by atoms with E-state index >= 15 is 0 Å². The second-order valence-corrected chi connectivity index (χ2v) is 2.44. The Morgan fingerprint density at radius 2 is 2.20 bits per heavy atom. The van der Waals surface area contributed by atoms with Gasteiger partial charge in [-0.25, -0.2) is 0 Å². The van der Waals surface area contributed by atoms with E-state index in [0.29, 0.717) is 6.61 Å². The molecule has 0 aromatic rings. The van der Waals surface area contributed by atoms with Crippen LogP contribution in [0.5, 0.6) is 0 Å². The summed E-state index contributed by atoms with van der Waals surface area (Å²) >= 11 is 0. The van der Waals surface area contributed by atoms with Gasteiger partial charge in [0.1, 0.15) is 0 Å². The zero-order valence-corrected chi connectivity index (χ0v) is 5.72. The predicted molar refractivity (Wildman–Crippen MR) is 40.7 cm³/mol. The molecule has 0 aliphatic heterocycles. The normalized spacial score (nSPS) is 15.7. The van der Waals surface area contributed by atoms with Crippen molar-refractivity contribution < 1.29 is 9.53 Å². The topological polar surface area (TPSA) is 26.3 Å². The lowest BCUT2D eigenvalue weighted by atomic mass is 10.4. The summed E-state index contributed by atoms with van der Waals surface area (Å²) in [5.41, 5.74) is 0. The summed E-state index contributed by atoms with van der Waals surface area (Å²) < 4.78 is 4.88. The standard InChI is InChI=1S/C7H12O2.CH4/c1-2-5-9-7(8)6-3-4-6;/h6H,2-5H2,1H3;1H4. The molecule has 0 radical (unpaired) electrons. The van der Waals surface area contributed by atoms with Gasteiger partial charge in [-0.1, -0.05) is 14.4 Å². The van der Waals surface area contributed by atoms with Crippen molar-refractivity contribution in [2.24, 2.45) is 5.92 Å². The Morgan fingerprint density at radius 3 is 2.60 bits per heavy atom. The molecule has 0 bridgehead atoms. The Kier molecular flexibility index (Phi) is 4.08. The van der Waals surface area contributed by atoms with E-state index < -0.39 is 0 Å². The summed E-state index contributed by atoms with van der Waals surface area (Å²) in [6.07, 6.45) is 3.02. The molecule has 1 aliphatic carbocycles. The first-order valence-corrected chi connectivity index (χ1v) is 3.51. The highest BCUT2D eigenvalue weighted by Crippen LogP contribution is 2.29. The first kappa shape index (κ1) is 9.47. The zero-order valence-electron chi connectivity index (χ0n) is 5.72. The molecule has 0 amide bonds. The van der Waals surface area contributed by atoms with Gasteiger partial charge >= 0.3 is 5.97 Å². The quantitative estimate of drug-likeness (QED) is 0.566. The lowest BCUT2D eigenvalue weighted by Crippen LogP contribution is -2.06. The highest BCUT2D eigenvalue weighted by Gasteiger charge is 2.30. The minimum atomic E-state index is 0. The third-order valence-corrected chi connectivity index (χ3v) is 1.36. The molecular formula is C8H16O2. The monoisotopic (exact) mass is 144 g/mol. The smallest absolute Gasteiger partial charge is 0.308 e. The highest BCUT2D eigenvalue weighted by atomic mass is 16.5. The van der Waals surface area contributed by atoms with Crippen LogP contribution < -0.4 is 0 Å². The molecule has 1 aliphatic rings. The molecule has 2 nitrogen and oxygen atoms in total. The number of carbonyl (C=O) groups is 1. The molecule has 1 fully saturated rings. The van der Waals surface area contributed by atoms with E-state index in [1.807, 2.05) is 6.92 Å². The SMILES string of the molecule is C.CCCOC(=O)C1CC1. The van der Waals surface area contributed by atoms with Crippen molar-refractivity contribution in [1.29, 1.82) is 0 Å². The molecule has 0 N–H and O–H groups in total. The number of hydrogen-bond donors (Lipinski definition) is 0. The van der Waals surface area contributed by atoms with Crippen LogP contribution in [0.25, 0.3) is 0 Å². The molecule has 0 spiro atoms.